The summed E-state index contributed by atoms with van der Waals surface area (Å²) in [6.07, 6.45) is -0.846. The highest BCUT2D eigenvalue weighted by atomic mass is 35.5. The van der Waals surface area contributed by atoms with E-state index in [2.05, 4.69) is 5.32 Å². The molecule has 0 radical (unpaired) electrons. The molecule has 1 rings (SSSR count). The van der Waals surface area contributed by atoms with Gasteiger partial charge in [0.25, 0.3) is 5.91 Å². The number of carbonyl (C=O) groups is 2. The third-order valence-electron chi connectivity index (χ3n) is 3.01. The average Bonchev–Trinajstić information content (AvgIpc) is 2.38. The molecule has 116 valence electrons. The average molecular weight is 333 g/mol. The van der Waals surface area contributed by atoms with Crippen LogP contribution in [0.15, 0.2) is 12.1 Å². The van der Waals surface area contributed by atoms with E-state index in [9.17, 15) is 9.59 Å². The van der Waals surface area contributed by atoms with Gasteiger partial charge in [-0.15, -0.1) is 0 Å². The lowest BCUT2D eigenvalue weighted by Gasteiger charge is -2.25. The Morgan fingerprint density at radius 1 is 1.33 bits per heavy atom. The summed E-state index contributed by atoms with van der Waals surface area (Å²) < 4.78 is 5.51. The fourth-order valence-corrected chi connectivity index (χ4v) is 1.86. The lowest BCUT2D eigenvalue weighted by Crippen LogP contribution is -2.55. The third kappa shape index (κ3) is 4.25. The number of hydrogen-bond donors (Lipinski definition) is 2. The molecule has 3 N–H and O–H groups in total. The second-order valence-corrected chi connectivity index (χ2v) is 6.01. The van der Waals surface area contributed by atoms with Crippen molar-refractivity contribution < 1.29 is 14.3 Å². The van der Waals surface area contributed by atoms with E-state index in [-0.39, 0.29) is 0 Å². The molecule has 0 aliphatic rings. The van der Waals surface area contributed by atoms with Crippen molar-refractivity contribution in [3.8, 4) is 5.75 Å². The highest BCUT2D eigenvalue weighted by molar-refractivity contribution is 6.36. The Labute approximate surface area is 133 Å². The Kier molecular flexibility index (Phi) is 5.48. The molecule has 1 aromatic rings. The van der Waals surface area contributed by atoms with Crippen molar-refractivity contribution >= 4 is 35.0 Å². The fourth-order valence-electron chi connectivity index (χ4n) is 1.44. The van der Waals surface area contributed by atoms with Crippen molar-refractivity contribution in [2.24, 2.45) is 5.73 Å². The van der Waals surface area contributed by atoms with Crippen molar-refractivity contribution in [2.75, 3.05) is 0 Å². The van der Waals surface area contributed by atoms with Gasteiger partial charge in [-0.2, -0.15) is 0 Å². The number of benzene rings is 1. The molecule has 2 amide bonds. The van der Waals surface area contributed by atoms with Crippen molar-refractivity contribution in [1.29, 1.82) is 0 Å². The molecule has 0 saturated heterocycles. The predicted octanol–water partition coefficient (Wildman–Crippen LogP) is 2.45. The van der Waals surface area contributed by atoms with Crippen molar-refractivity contribution in [2.45, 2.75) is 39.3 Å². The van der Waals surface area contributed by atoms with Crippen LogP contribution in [0.5, 0.6) is 5.75 Å². The maximum absolute atomic E-state index is 12.0. The fraction of sp³-hybridized carbons (Fsp3) is 0.429. The van der Waals surface area contributed by atoms with Crippen LogP contribution >= 0.6 is 23.2 Å². The minimum atomic E-state index is -1.16. The number of carbonyl (C=O) groups excluding carboxylic acids is 2. The van der Waals surface area contributed by atoms with E-state index in [1.165, 1.54) is 13.8 Å². The third-order valence-corrected chi connectivity index (χ3v) is 3.89. The van der Waals surface area contributed by atoms with Crippen LogP contribution in [0.4, 0.5) is 0 Å². The van der Waals surface area contributed by atoms with Crippen LogP contribution in [0.1, 0.15) is 26.3 Å². The van der Waals surface area contributed by atoms with E-state index in [0.717, 1.165) is 0 Å². The number of hydrogen-bond acceptors (Lipinski definition) is 3. The monoisotopic (exact) mass is 332 g/mol. The predicted molar refractivity (Wildman–Crippen MR) is 82.7 cm³/mol. The Morgan fingerprint density at radius 3 is 2.43 bits per heavy atom. The van der Waals surface area contributed by atoms with Gasteiger partial charge in [-0.1, -0.05) is 23.2 Å². The molecule has 1 atom stereocenters. The van der Waals surface area contributed by atoms with E-state index < -0.39 is 23.5 Å². The largest absolute Gasteiger partial charge is 0.479 e. The SMILES string of the molecule is Cc1c(Cl)ccc(OC(C)C(=O)NC(C)(C)C(N)=O)c1Cl. The Morgan fingerprint density at radius 2 is 1.90 bits per heavy atom. The van der Waals surface area contributed by atoms with Crippen LogP contribution in [0.25, 0.3) is 0 Å². The summed E-state index contributed by atoms with van der Waals surface area (Å²) in [6.45, 7) is 6.32. The van der Waals surface area contributed by atoms with Gasteiger partial charge in [0.05, 0.1) is 5.02 Å². The van der Waals surface area contributed by atoms with E-state index in [4.69, 9.17) is 33.7 Å². The lowest BCUT2D eigenvalue weighted by atomic mass is 10.0. The van der Waals surface area contributed by atoms with Crippen LogP contribution < -0.4 is 15.8 Å². The number of amides is 2. The van der Waals surface area contributed by atoms with Gasteiger partial charge >= 0.3 is 0 Å². The number of nitrogens with one attached hydrogen (secondary N) is 1. The van der Waals surface area contributed by atoms with Gasteiger partial charge in [-0.25, -0.2) is 0 Å². The maximum atomic E-state index is 12.0. The van der Waals surface area contributed by atoms with Crippen LogP contribution in [-0.4, -0.2) is 23.5 Å². The molecule has 0 aromatic heterocycles. The maximum Gasteiger partial charge on any atom is 0.261 e. The minimum Gasteiger partial charge on any atom is -0.479 e. The minimum absolute atomic E-state index is 0.344. The van der Waals surface area contributed by atoms with Gasteiger partial charge in [-0.05, 0) is 45.4 Å². The number of nitrogens with two attached hydrogens (primary N) is 1. The number of rotatable bonds is 5. The Bertz CT molecular complexity index is 574. The van der Waals surface area contributed by atoms with Gasteiger partial charge in [-0.3, -0.25) is 9.59 Å². The zero-order chi connectivity index (χ0) is 16.4. The summed E-state index contributed by atoms with van der Waals surface area (Å²) in [4.78, 5) is 23.2. The van der Waals surface area contributed by atoms with Crippen molar-refractivity contribution in [3.63, 3.8) is 0 Å². The molecule has 7 heteroatoms. The van der Waals surface area contributed by atoms with Crippen molar-refractivity contribution in [1.82, 2.24) is 5.32 Å². The van der Waals surface area contributed by atoms with Gasteiger partial charge in [0.2, 0.25) is 5.91 Å². The van der Waals surface area contributed by atoms with Gasteiger partial charge < -0.3 is 15.8 Å². The van der Waals surface area contributed by atoms with Gasteiger partial charge in [0.15, 0.2) is 6.10 Å². The van der Waals surface area contributed by atoms with Gasteiger partial charge in [0.1, 0.15) is 11.3 Å². The molecule has 0 heterocycles. The standard InChI is InChI=1S/C14H18Cl2N2O3/c1-7-9(15)5-6-10(11(7)16)21-8(2)12(19)18-14(3,4)13(17)20/h5-6,8H,1-4H3,(H2,17,20)(H,18,19). The first kappa shape index (κ1) is 17.6. The zero-order valence-electron chi connectivity index (χ0n) is 12.3. The summed E-state index contributed by atoms with van der Waals surface area (Å²) in [5.41, 5.74) is 4.71. The first-order valence-corrected chi connectivity index (χ1v) is 7.05. The highest BCUT2D eigenvalue weighted by Crippen LogP contribution is 2.33. The summed E-state index contributed by atoms with van der Waals surface area (Å²) in [6, 6.07) is 3.22. The molecule has 1 unspecified atom stereocenters. The molecule has 0 bridgehead atoms. The second-order valence-electron chi connectivity index (χ2n) is 5.22. The molecule has 0 saturated carbocycles. The van der Waals surface area contributed by atoms with Crippen molar-refractivity contribution in [3.05, 3.63) is 27.7 Å². The molecular formula is C14H18Cl2N2O3. The molecule has 5 nitrogen and oxygen atoms in total. The number of ether oxygens (including phenoxy) is 1. The molecule has 1 aromatic carbocycles. The van der Waals surface area contributed by atoms with E-state index in [0.29, 0.717) is 21.4 Å². The Hall–Kier alpha value is -1.46. The molecule has 0 aliphatic heterocycles. The van der Waals surface area contributed by atoms with Crippen LogP contribution in [0, 0.1) is 6.92 Å². The van der Waals surface area contributed by atoms with Crippen LogP contribution in [0.2, 0.25) is 10.0 Å². The van der Waals surface area contributed by atoms with Gasteiger partial charge in [0, 0.05) is 5.02 Å². The number of halogens is 2. The highest BCUT2D eigenvalue weighted by Gasteiger charge is 2.29. The Balaban J connectivity index is 2.82. The molecule has 21 heavy (non-hydrogen) atoms. The molecule has 0 fully saturated rings. The summed E-state index contributed by atoms with van der Waals surface area (Å²) in [5.74, 6) is -0.760. The lowest BCUT2D eigenvalue weighted by molar-refractivity contribution is -0.134. The number of primary amides is 1. The topological polar surface area (TPSA) is 81.4 Å². The molecule has 0 spiro atoms. The zero-order valence-corrected chi connectivity index (χ0v) is 13.8. The van der Waals surface area contributed by atoms with E-state index >= 15 is 0 Å². The normalized spacial score (nSPS) is 12.7. The second kappa shape index (κ2) is 6.54. The first-order chi connectivity index (χ1) is 9.56. The van der Waals surface area contributed by atoms with E-state index in [1.54, 1.807) is 26.0 Å². The molecule has 0 aliphatic carbocycles. The summed E-state index contributed by atoms with van der Waals surface area (Å²) in [5, 5.41) is 3.37. The van der Waals surface area contributed by atoms with Crippen LogP contribution in [0.3, 0.4) is 0 Å². The first-order valence-electron chi connectivity index (χ1n) is 6.29. The smallest absolute Gasteiger partial charge is 0.261 e. The van der Waals surface area contributed by atoms with E-state index in [1.807, 2.05) is 0 Å². The molecular weight excluding hydrogens is 315 g/mol. The van der Waals surface area contributed by atoms with Crippen LogP contribution in [-0.2, 0) is 9.59 Å². The summed E-state index contributed by atoms with van der Waals surface area (Å²) in [7, 11) is 0. The quantitative estimate of drug-likeness (QED) is 0.868. The summed E-state index contributed by atoms with van der Waals surface area (Å²) >= 11 is 12.1.